The summed E-state index contributed by atoms with van der Waals surface area (Å²) in [6, 6.07) is 24.1. The molecular weight excluding hydrogens is 414 g/mol. The van der Waals surface area contributed by atoms with E-state index in [-0.39, 0.29) is 5.43 Å². The van der Waals surface area contributed by atoms with E-state index in [1.165, 1.54) is 0 Å². The third-order valence-corrected chi connectivity index (χ3v) is 4.88. The van der Waals surface area contributed by atoms with E-state index in [4.69, 9.17) is 5.26 Å². The summed E-state index contributed by atoms with van der Waals surface area (Å²) in [6.45, 7) is 0. The normalized spacial score (nSPS) is 11.0. The van der Waals surface area contributed by atoms with Crippen LogP contribution in [0, 0.1) is 11.3 Å². The largest absolute Gasteiger partial charge is 0.288 e. The van der Waals surface area contributed by atoms with Gasteiger partial charge in [-0.3, -0.25) is 4.79 Å². The number of hydrogen-bond acceptors (Lipinski definition) is 3. The predicted octanol–water partition coefficient (Wildman–Crippen LogP) is 5.19. The number of hydrogen-bond donors (Lipinski definition) is 0. The third kappa shape index (κ3) is 3.51. The van der Waals surface area contributed by atoms with Crippen molar-refractivity contribution in [3.05, 3.63) is 104 Å². The van der Waals surface area contributed by atoms with E-state index in [1.54, 1.807) is 28.9 Å². The van der Waals surface area contributed by atoms with Crippen molar-refractivity contribution in [2.45, 2.75) is 0 Å². The second-order valence-corrected chi connectivity index (χ2v) is 7.10. The summed E-state index contributed by atoms with van der Waals surface area (Å²) in [7, 11) is 0. The second-order valence-electron chi connectivity index (χ2n) is 6.19. The lowest BCUT2D eigenvalue weighted by molar-refractivity contribution is 0.902. The van der Waals surface area contributed by atoms with Crippen LogP contribution in [-0.2, 0) is 0 Å². The van der Waals surface area contributed by atoms with Crippen molar-refractivity contribution in [1.29, 1.82) is 5.26 Å². The van der Waals surface area contributed by atoms with Crippen molar-refractivity contribution in [2.75, 3.05) is 0 Å². The third-order valence-electron chi connectivity index (χ3n) is 4.35. The van der Waals surface area contributed by atoms with Crippen LogP contribution in [0.15, 0.2) is 82.1 Å². The maximum absolute atomic E-state index is 12.7. The molecule has 0 bridgehead atoms. The molecule has 1 heterocycles. The van der Waals surface area contributed by atoms with E-state index in [2.05, 4.69) is 27.1 Å². The number of aromatic nitrogens is 2. The quantitative estimate of drug-likeness (QED) is 0.451. The summed E-state index contributed by atoms with van der Waals surface area (Å²) in [4.78, 5) is 12.7. The van der Waals surface area contributed by atoms with Gasteiger partial charge in [0.2, 0.25) is 5.43 Å². The smallest absolute Gasteiger partial charge is 0.204 e. The number of fused-ring (bicyclic) bond motifs is 1. The van der Waals surface area contributed by atoms with Gasteiger partial charge in [0.1, 0.15) is 5.52 Å². The van der Waals surface area contributed by atoms with Crippen molar-refractivity contribution in [3.63, 3.8) is 0 Å². The molecule has 28 heavy (non-hydrogen) atoms. The SMILES string of the molecule is N#Cc1ccc(/C=C/c2nn(-c3ccc(Br)cc3)c3c(=O)ccccc23)cc1. The molecule has 0 N–H and O–H groups in total. The van der Waals surface area contributed by atoms with E-state index >= 15 is 0 Å². The van der Waals surface area contributed by atoms with Crippen LogP contribution in [0.3, 0.4) is 0 Å². The average Bonchev–Trinajstić information content (AvgIpc) is 2.97. The number of nitrogens with zero attached hydrogens (tertiary/aromatic N) is 3. The van der Waals surface area contributed by atoms with Crippen LogP contribution in [0.2, 0.25) is 0 Å². The van der Waals surface area contributed by atoms with E-state index in [1.807, 2.05) is 60.7 Å². The Labute approximate surface area is 170 Å². The molecular formula is C23H14BrN3O. The summed E-state index contributed by atoms with van der Waals surface area (Å²) in [6.07, 6.45) is 3.81. The second kappa shape index (κ2) is 7.63. The zero-order valence-electron chi connectivity index (χ0n) is 14.7. The highest BCUT2D eigenvalue weighted by Gasteiger charge is 2.12. The topological polar surface area (TPSA) is 58.7 Å². The van der Waals surface area contributed by atoms with Crippen molar-refractivity contribution >= 4 is 39.0 Å². The molecule has 3 aromatic carbocycles. The first-order chi connectivity index (χ1) is 13.7. The van der Waals surface area contributed by atoms with Gasteiger partial charge in [-0.25, -0.2) is 4.68 Å². The molecule has 0 aliphatic carbocycles. The Kier molecular flexibility index (Phi) is 4.88. The minimum atomic E-state index is -0.0894. The Morgan fingerprint density at radius 3 is 2.36 bits per heavy atom. The van der Waals surface area contributed by atoms with Gasteiger partial charge >= 0.3 is 0 Å². The van der Waals surface area contributed by atoms with Crippen molar-refractivity contribution < 1.29 is 0 Å². The first-order valence-corrected chi connectivity index (χ1v) is 9.41. The van der Waals surface area contributed by atoms with Gasteiger partial charge in [-0.05, 0) is 54.1 Å². The highest BCUT2D eigenvalue weighted by Crippen LogP contribution is 2.22. The van der Waals surface area contributed by atoms with Crippen molar-refractivity contribution in [1.82, 2.24) is 9.78 Å². The van der Waals surface area contributed by atoms with Gasteiger partial charge in [-0.1, -0.05) is 52.3 Å². The Hall–Kier alpha value is -3.49. The Balaban J connectivity index is 1.87. The summed E-state index contributed by atoms with van der Waals surface area (Å²) in [5.41, 5.74) is 3.53. The van der Waals surface area contributed by atoms with Gasteiger partial charge < -0.3 is 0 Å². The molecule has 4 aromatic rings. The minimum Gasteiger partial charge on any atom is -0.288 e. The summed E-state index contributed by atoms with van der Waals surface area (Å²) < 4.78 is 2.64. The number of nitriles is 1. The number of benzene rings is 2. The highest BCUT2D eigenvalue weighted by atomic mass is 79.9. The van der Waals surface area contributed by atoms with E-state index in [0.717, 1.165) is 21.1 Å². The summed E-state index contributed by atoms with van der Waals surface area (Å²) in [5.74, 6) is 0. The Morgan fingerprint density at radius 2 is 1.64 bits per heavy atom. The molecule has 134 valence electrons. The van der Waals surface area contributed by atoms with E-state index in [0.29, 0.717) is 16.8 Å². The average molecular weight is 428 g/mol. The van der Waals surface area contributed by atoms with Crippen LogP contribution in [-0.4, -0.2) is 9.78 Å². The molecule has 0 spiro atoms. The van der Waals surface area contributed by atoms with Crippen molar-refractivity contribution in [3.8, 4) is 11.8 Å². The molecule has 5 heteroatoms. The molecule has 0 saturated heterocycles. The van der Waals surface area contributed by atoms with Crippen LogP contribution in [0.1, 0.15) is 16.8 Å². The van der Waals surface area contributed by atoms with Gasteiger partial charge in [0, 0.05) is 9.86 Å². The fourth-order valence-corrected chi connectivity index (χ4v) is 3.22. The van der Waals surface area contributed by atoms with Gasteiger partial charge in [0.25, 0.3) is 0 Å². The molecule has 0 aliphatic heterocycles. The first kappa shape index (κ1) is 17.9. The zero-order chi connectivity index (χ0) is 19.5. The molecule has 0 radical (unpaired) electrons. The van der Waals surface area contributed by atoms with Crippen LogP contribution < -0.4 is 5.43 Å². The van der Waals surface area contributed by atoms with Gasteiger partial charge in [-0.2, -0.15) is 10.4 Å². The van der Waals surface area contributed by atoms with Crippen LogP contribution in [0.5, 0.6) is 0 Å². The minimum absolute atomic E-state index is 0.0894. The van der Waals surface area contributed by atoms with Gasteiger partial charge in [-0.15, -0.1) is 0 Å². The molecule has 1 aromatic heterocycles. The van der Waals surface area contributed by atoms with Gasteiger partial charge in [0.05, 0.1) is 23.0 Å². The van der Waals surface area contributed by atoms with E-state index < -0.39 is 0 Å². The van der Waals surface area contributed by atoms with Crippen LogP contribution in [0.25, 0.3) is 28.7 Å². The first-order valence-electron chi connectivity index (χ1n) is 8.62. The van der Waals surface area contributed by atoms with Crippen LogP contribution in [0.4, 0.5) is 0 Å². The van der Waals surface area contributed by atoms with Crippen molar-refractivity contribution in [2.24, 2.45) is 0 Å². The van der Waals surface area contributed by atoms with E-state index in [9.17, 15) is 4.79 Å². The lowest BCUT2D eigenvalue weighted by Crippen LogP contribution is -2.04. The summed E-state index contributed by atoms with van der Waals surface area (Å²) in [5, 5.41) is 14.4. The Morgan fingerprint density at radius 1 is 0.929 bits per heavy atom. The maximum atomic E-state index is 12.7. The lowest BCUT2D eigenvalue weighted by atomic mass is 10.1. The lowest BCUT2D eigenvalue weighted by Gasteiger charge is -2.02. The Bertz CT molecular complexity index is 1280. The molecule has 0 atom stereocenters. The van der Waals surface area contributed by atoms with Crippen LogP contribution >= 0.6 is 15.9 Å². The standard InChI is InChI=1S/C23H14BrN3O/c24-18-10-12-19(13-11-18)27-23-20(3-1-2-4-22(23)28)21(26-27)14-9-16-5-7-17(15-25)8-6-16/h1-14H/b14-9+. The monoisotopic (exact) mass is 427 g/mol. The summed E-state index contributed by atoms with van der Waals surface area (Å²) >= 11 is 3.43. The maximum Gasteiger partial charge on any atom is 0.204 e. The molecule has 0 saturated carbocycles. The molecule has 0 unspecified atom stereocenters. The highest BCUT2D eigenvalue weighted by molar-refractivity contribution is 9.10. The number of rotatable bonds is 3. The predicted molar refractivity (Wildman–Crippen MR) is 115 cm³/mol. The molecule has 4 nitrogen and oxygen atoms in total. The molecule has 0 amide bonds. The fourth-order valence-electron chi connectivity index (χ4n) is 2.96. The zero-order valence-corrected chi connectivity index (χ0v) is 16.3. The fraction of sp³-hybridized carbons (Fsp3) is 0. The van der Waals surface area contributed by atoms with Gasteiger partial charge in [0.15, 0.2) is 0 Å². The molecule has 4 rings (SSSR count). The molecule has 0 aliphatic rings. The number of halogens is 1. The molecule has 0 fully saturated rings.